The Morgan fingerprint density at radius 1 is 1.26 bits per heavy atom. The smallest absolute Gasteiger partial charge is 0.197 e. The third-order valence-electron chi connectivity index (χ3n) is 9.49. The number of hydrogen-bond acceptors (Lipinski definition) is 6. The van der Waals surface area contributed by atoms with Gasteiger partial charge in [0.25, 0.3) is 0 Å². The van der Waals surface area contributed by atoms with Gasteiger partial charge in [0.2, 0.25) is 0 Å². The summed E-state index contributed by atoms with van der Waals surface area (Å²) in [6.07, 6.45) is 17.4. The maximum atomic E-state index is 14.0. The third kappa shape index (κ3) is 2.96. The maximum absolute atomic E-state index is 14.0. The average Bonchev–Trinajstić information content (AvgIpc) is 3.19. The largest absolute Gasteiger partial charge is 0.487 e. The third-order valence-corrected chi connectivity index (χ3v) is 9.49. The number of aliphatic hydroxyl groups excluding tert-OH is 1. The number of piperidine rings is 1. The molecule has 0 aromatic carbocycles. The lowest BCUT2D eigenvalue weighted by Crippen LogP contribution is -2.62. The molecular weight excluding hydrogens is 440 g/mol. The van der Waals surface area contributed by atoms with Gasteiger partial charge in [0, 0.05) is 60.7 Å². The zero-order valence-electron chi connectivity index (χ0n) is 21.1. The minimum atomic E-state index is -1.77. The number of likely N-dealkylation sites (tertiary alicyclic amines) is 1. The van der Waals surface area contributed by atoms with Gasteiger partial charge in [-0.05, 0) is 38.4 Å². The van der Waals surface area contributed by atoms with E-state index >= 15 is 0 Å². The van der Waals surface area contributed by atoms with Crippen molar-refractivity contribution in [3.63, 3.8) is 0 Å². The average molecular weight is 477 g/mol. The highest BCUT2D eigenvalue weighted by Crippen LogP contribution is 2.66. The standard InChI is InChI=1S/C29H36N2O4/c1-27(11-6-5-7-12-27)22(30(2)3)17-23(33)29(34)13-10-18-16-20-19-8-9-21(32)25-28(19,14-15-31(20)4)24(18)26(29)35-25/h5-11,17,19-21,25,32,34H,12-16H2,1-4H3/b22-17-/t19-,20+,21-,25-,27?,28-,29?/m0/s1. The van der Waals surface area contributed by atoms with Crippen LogP contribution in [0.15, 0.2) is 71.2 Å². The van der Waals surface area contributed by atoms with Crippen LogP contribution in [0.25, 0.3) is 0 Å². The molecule has 7 atom stereocenters. The Balaban J connectivity index is 1.45. The van der Waals surface area contributed by atoms with E-state index in [1.165, 1.54) is 5.57 Å². The molecule has 4 aliphatic carbocycles. The topological polar surface area (TPSA) is 73.2 Å². The predicted molar refractivity (Wildman–Crippen MR) is 134 cm³/mol. The van der Waals surface area contributed by atoms with Gasteiger partial charge >= 0.3 is 0 Å². The van der Waals surface area contributed by atoms with Gasteiger partial charge in [0.1, 0.15) is 18.0 Å². The van der Waals surface area contributed by atoms with Crippen LogP contribution in [-0.4, -0.2) is 77.3 Å². The normalized spacial score (nSPS) is 43.6. The van der Waals surface area contributed by atoms with Crippen LogP contribution >= 0.6 is 0 Å². The van der Waals surface area contributed by atoms with Crippen molar-refractivity contribution in [3.8, 4) is 0 Å². The Labute approximate surface area is 207 Å². The molecule has 0 radical (unpaired) electrons. The van der Waals surface area contributed by atoms with Gasteiger partial charge in [-0.25, -0.2) is 0 Å². The van der Waals surface area contributed by atoms with E-state index in [9.17, 15) is 15.0 Å². The van der Waals surface area contributed by atoms with E-state index in [2.05, 4.69) is 43.2 Å². The highest BCUT2D eigenvalue weighted by atomic mass is 16.5. The van der Waals surface area contributed by atoms with Crippen LogP contribution in [0.3, 0.4) is 0 Å². The molecule has 2 unspecified atom stereocenters. The number of allylic oxidation sites excluding steroid dienone is 4. The SMILES string of the molecule is CN(C)/C(=C\C(=O)C1(O)CC=C2C[C@@H]3[C@@H]4C=C[C@H](O)[C@@H]5OC1=C2[C@]45CCN3C)C1(C)C=CC=CC1. The van der Waals surface area contributed by atoms with E-state index in [0.717, 1.165) is 37.1 Å². The molecular formula is C29H36N2O4. The monoisotopic (exact) mass is 476 g/mol. The highest BCUT2D eigenvalue weighted by Gasteiger charge is 2.68. The number of carbonyl (C=O) groups is 1. The second-order valence-electron chi connectivity index (χ2n) is 11.7. The first-order valence-corrected chi connectivity index (χ1v) is 12.8. The summed E-state index contributed by atoms with van der Waals surface area (Å²) < 4.78 is 6.50. The number of aliphatic hydroxyl groups is 2. The second-order valence-corrected chi connectivity index (χ2v) is 11.7. The maximum Gasteiger partial charge on any atom is 0.197 e. The van der Waals surface area contributed by atoms with E-state index in [-0.39, 0.29) is 23.5 Å². The fraction of sp³-hybridized carbons (Fsp3) is 0.552. The molecule has 2 N–H and O–H groups in total. The number of carbonyl (C=O) groups excluding carboxylic acids is 1. The number of ketones is 1. The van der Waals surface area contributed by atoms with Crippen LogP contribution in [0.1, 0.15) is 32.6 Å². The number of nitrogens with zero attached hydrogens (tertiary/aromatic N) is 2. The zero-order valence-corrected chi connectivity index (χ0v) is 21.1. The van der Waals surface area contributed by atoms with Crippen LogP contribution in [0.4, 0.5) is 0 Å². The molecule has 6 nitrogen and oxygen atoms in total. The van der Waals surface area contributed by atoms with Gasteiger partial charge < -0.3 is 24.7 Å². The summed E-state index contributed by atoms with van der Waals surface area (Å²) in [5, 5.41) is 23.0. The lowest BCUT2D eigenvalue weighted by atomic mass is 9.51. The molecule has 2 aliphatic heterocycles. The molecule has 1 saturated heterocycles. The quantitative estimate of drug-likeness (QED) is 0.480. The molecule has 2 bridgehead atoms. The number of ether oxygens (including phenoxy) is 1. The molecule has 186 valence electrons. The van der Waals surface area contributed by atoms with Gasteiger partial charge in [-0.1, -0.05) is 49.5 Å². The Morgan fingerprint density at radius 3 is 2.77 bits per heavy atom. The molecule has 2 heterocycles. The van der Waals surface area contributed by atoms with E-state index in [1.54, 1.807) is 6.08 Å². The van der Waals surface area contributed by atoms with Gasteiger partial charge in [-0.3, -0.25) is 4.79 Å². The first kappa shape index (κ1) is 23.0. The van der Waals surface area contributed by atoms with Gasteiger partial charge in [-0.2, -0.15) is 0 Å². The van der Waals surface area contributed by atoms with Crippen LogP contribution in [0, 0.1) is 16.7 Å². The van der Waals surface area contributed by atoms with Crippen molar-refractivity contribution in [1.82, 2.24) is 9.80 Å². The minimum Gasteiger partial charge on any atom is -0.487 e. The molecule has 0 aromatic rings. The summed E-state index contributed by atoms with van der Waals surface area (Å²) in [5.41, 5.74) is 0.535. The second kappa shape index (κ2) is 7.55. The van der Waals surface area contributed by atoms with Crippen LogP contribution in [0.5, 0.6) is 0 Å². The Morgan fingerprint density at radius 2 is 2.06 bits per heavy atom. The van der Waals surface area contributed by atoms with Crippen molar-refractivity contribution >= 4 is 5.78 Å². The lowest BCUT2D eigenvalue weighted by molar-refractivity contribution is -0.136. The van der Waals surface area contributed by atoms with E-state index in [4.69, 9.17) is 4.74 Å². The number of rotatable bonds is 4. The van der Waals surface area contributed by atoms with Crippen LogP contribution < -0.4 is 0 Å². The molecule has 0 amide bonds. The summed E-state index contributed by atoms with van der Waals surface area (Å²) in [7, 11) is 6.05. The summed E-state index contributed by atoms with van der Waals surface area (Å²) in [6, 6.07) is 0.334. The fourth-order valence-corrected chi connectivity index (χ4v) is 7.67. The molecule has 6 aliphatic rings. The minimum absolute atomic E-state index is 0.192. The van der Waals surface area contributed by atoms with Crippen molar-refractivity contribution in [3.05, 3.63) is 71.2 Å². The van der Waals surface area contributed by atoms with E-state index in [1.807, 2.05) is 37.2 Å². The van der Waals surface area contributed by atoms with Crippen molar-refractivity contribution in [2.24, 2.45) is 16.7 Å². The molecule has 0 aromatic heterocycles. The van der Waals surface area contributed by atoms with Gasteiger partial charge in [0.15, 0.2) is 11.4 Å². The fourth-order valence-electron chi connectivity index (χ4n) is 7.67. The lowest BCUT2D eigenvalue weighted by Gasteiger charge is -2.58. The summed E-state index contributed by atoms with van der Waals surface area (Å²) >= 11 is 0. The molecule has 35 heavy (non-hydrogen) atoms. The van der Waals surface area contributed by atoms with Gasteiger partial charge in [0.05, 0.1) is 0 Å². The van der Waals surface area contributed by atoms with E-state index in [0.29, 0.717) is 11.8 Å². The molecule has 6 rings (SSSR count). The number of hydrogen-bond donors (Lipinski definition) is 2. The summed E-state index contributed by atoms with van der Waals surface area (Å²) in [6.45, 7) is 3.02. The molecule has 2 fully saturated rings. The van der Waals surface area contributed by atoms with Crippen LogP contribution in [0.2, 0.25) is 0 Å². The molecule has 1 saturated carbocycles. The first-order chi connectivity index (χ1) is 16.6. The first-order valence-electron chi connectivity index (χ1n) is 12.8. The van der Waals surface area contributed by atoms with E-state index < -0.39 is 23.2 Å². The van der Waals surface area contributed by atoms with Crippen molar-refractivity contribution in [2.75, 3.05) is 27.7 Å². The molecule has 6 heteroatoms. The van der Waals surface area contributed by atoms with Crippen molar-refractivity contribution < 1.29 is 19.7 Å². The summed E-state index contributed by atoms with van der Waals surface area (Å²) in [4.78, 5) is 18.3. The van der Waals surface area contributed by atoms with Crippen LogP contribution in [-0.2, 0) is 9.53 Å². The Bertz CT molecular complexity index is 1160. The zero-order chi connectivity index (χ0) is 24.8. The molecule has 1 spiro atoms. The van der Waals surface area contributed by atoms with Gasteiger partial charge in [-0.15, -0.1) is 0 Å². The van der Waals surface area contributed by atoms with Crippen molar-refractivity contribution in [1.29, 1.82) is 0 Å². The Hall–Kier alpha value is -2.41. The Kier molecular flexibility index (Phi) is 4.96. The van der Waals surface area contributed by atoms with Crippen molar-refractivity contribution in [2.45, 2.75) is 56.5 Å². The highest BCUT2D eigenvalue weighted by molar-refractivity contribution is 6.00. The summed E-state index contributed by atoms with van der Waals surface area (Å²) in [5.74, 6) is 0.231. The predicted octanol–water partition coefficient (Wildman–Crippen LogP) is 2.88.